The van der Waals surface area contributed by atoms with Crippen LogP contribution in [-0.2, 0) is 10.1 Å². The van der Waals surface area contributed by atoms with Crippen LogP contribution in [0.1, 0.15) is 104 Å². The van der Waals surface area contributed by atoms with E-state index in [1.54, 1.807) is 0 Å². The minimum Gasteiger partial charge on any atom is -0.748 e. The molecule has 0 spiro atoms. The van der Waals surface area contributed by atoms with Gasteiger partial charge in [0.15, 0.2) is 0 Å². The molecule has 0 aliphatic heterocycles. The second-order valence-corrected chi connectivity index (χ2v) is 8.65. The summed E-state index contributed by atoms with van der Waals surface area (Å²) in [6.45, 7) is 3.69. The van der Waals surface area contributed by atoms with Gasteiger partial charge in [-0.3, -0.25) is 0 Å². The summed E-state index contributed by atoms with van der Waals surface area (Å²) in [4.78, 5) is 0. The van der Waals surface area contributed by atoms with E-state index in [0.29, 0.717) is 19.3 Å². The van der Waals surface area contributed by atoms with Gasteiger partial charge < -0.3 is 9.66 Å². The fourth-order valence-corrected chi connectivity index (χ4v) is 3.25. The van der Waals surface area contributed by atoms with Crippen molar-refractivity contribution in [3.8, 4) is 0 Å². The Balaban J connectivity index is 0. The smallest absolute Gasteiger partial charge is 0.748 e. The molecule has 0 saturated heterocycles. The average molecular weight is 373 g/mol. The molecule has 1 N–H and O–H groups in total. The Hall–Kier alpha value is 0.870. The Morgan fingerprint density at radius 1 is 0.792 bits per heavy atom. The molecule has 140 valence electrons. The molecule has 0 fully saturated rings. The average Bonchev–Trinajstić information content (AvgIpc) is 2.48. The van der Waals surface area contributed by atoms with Gasteiger partial charge in [0.2, 0.25) is 0 Å². The topological polar surface area (TPSA) is 77.4 Å². The Labute approximate surface area is 172 Å². The minimum absolute atomic E-state index is 0. The van der Waals surface area contributed by atoms with Crippen LogP contribution in [-0.4, -0.2) is 29.4 Å². The summed E-state index contributed by atoms with van der Waals surface area (Å²) in [5.74, 6) is 0. The van der Waals surface area contributed by atoms with Gasteiger partial charge in [-0.15, -0.1) is 0 Å². The summed E-state index contributed by atoms with van der Waals surface area (Å²) in [5, 5.41) is 9.09. The number of rotatable bonds is 16. The molecule has 6 heteroatoms. The summed E-state index contributed by atoms with van der Waals surface area (Å²) < 4.78 is 32.3. The van der Waals surface area contributed by atoms with Crippen LogP contribution >= 0.6 is 0 Å². The maximum Gasteiger partial charge on any atom is 1.00 e. The maximum absolute atomic E-state index is 10.8. The first-order valence-electron chi connectivity index (χ1n) is 9.50. The number of unbranched alkanes of at least 4 members (excludes halogenated alkanes) is 9. The van der Waals surface area contributed by atoms with Crippen molar-refractivity contribution in [3.05, 3.63) is 0 Å². The van der Waals surface area contributed by atoms with E-state index in [9.17, 15) is 18.1 Å². The molecule has 0 rings (SSSR count). The largest absolute Gasteiger partial charge is 1.00 e. The molecule has 0 aliphatic carbocycles. The molecule has 0 aromatic rings. The number of hydrogen-bond acceptors (Lipinski definition) is 4. The van der Waals surface area contributed by atoms with Gasteiger partial charge in [0.25, 0.3) is 0 Å². The van der Waals surface area contributed by atoms with E-state index >= 15 is 0 Å². The van der Waals surface area contributed by atoms with Crippen LogP contribution in [0.25, 0.3) is 0 Å². The summed E-state index contributed by atoms with van der Waals surface area (Å²) in [5.41, 5.74) is 0. The van der Waals surface area contributed by atoms with Crippen LogP contribution in [0.4, 0.5) is 0 Å². The summed E-state index contributed by atoms with van der Waals surface area (Å²) in [6, 6.07) is 0. The molecule has 0 aromatic carbocycles. The van der Waals surface area contributed by atoms with Crippen LogP contribution in [0.15, 0.2) is 0 Å². The second kappa shape index (κ2) is 17.3. The predicted molar refractivity (Wildman–Crippen MR) is 95.5 cm³/mol. The first-order chi connectivity index (χ1) is 10.9. The van der Waals surface area contributed by atoms with E-state index in [1.807, 2.05) is 0 Å². The molecule has 0 heterocycles. The maximum atomic E-state index is 10.8. The zero-order valence-corrected chi connectivity index (χ0v) is 19.0. The molecule has 0 bridgehead atoms. The van der Waals surface area contributed by atoms with Crippen molar-refractivity contribution in [2.24, 2.45) is 0 Å². The van der Waals surface area contributed by atoms with E-state index < -0.39 is 15.4 Å². The first-order valence-corrected chi connectivity index (χ1v) is 11.0. The van der Waals surface area contributed by atoms with Gasteiger partial charge in [-0.1, -0.05) is 77.6 Å². The number of hydrogen-bond donors (Lipinski definition) is 1. The normalized spacial score (nSPS) is 14.2. The van der Waals surface area contributed by atoms with Gasteiger partial charge >= 0.3 is 29.6 Å². The molecule has 24 heavy (non-hydrogen) atoms. The summed E-state index contributed by atoms with van der Waals surface area (Å²) in [6.07, 6.45) is 14.7. The van der Waals surface area contributed by atoms with Crippen LogP contribution < -0.4 is 29.6 Å². The van der Waals surface area contributed by atoms with Gasteiger partial charge in [-0.05, 0) is 26.2 Å². The third-order valence-electron chi connectivity index (χ3n) is 4.53. The van der Waals surface area contributed by atoms with Crippen molar-refractivity contribution < 1.29 is 47.6 Å². The Kier molecular flexibility index (Phi) is 19.5. The van der Waals surface area contributed by atoms with Gasteiger partial charge in [-0.2, -0.15) is 0 Å². The van der Waals surface area contributed by atoms with Crippen molar-refractivity contribution >= 4 is 10.1 Å². The van der Waals surface area contributed by atoms with Crippen LogP contribution in [0, 0.1) is 0 Å². The standard InChI is InChI=1S/C18H38O4S.Na/c1-3-4-5-6-7-8-9-10-11-15-18(19)16-13-12-14-17(2)23(20,21)22;/h17-19H,3-16H2,1-2H3,(H,20,21,22);/q;+1/p-1. The Morgan fingerprint density at radius 3 is 1.62 bits per heavy atom. The van der Waals surface area contributed by atoms with Crippen LogP contribution in [0.5, 0.6) is 0 Å². The molecule has 2 unspecified atom stereocenters. The van der Waals surface area contributed by atoms with E-state index in [2.05, 4.69) is 6.92 Å². The predicted octanol–water partition coefficient (Wildman–Crippen LogP) is 1.77. The molecule has 0 aliphatic rings. The van der Waals surface area contributed by atoms with Crippen molar-refractivity contribution in [2.75, 3.05) is 0 Å². The van der Waals surface area contributed by atoms with Crippen molar-refractivity contribution in [1.82, 2.24) is 0 Å². The zero-order valence-electron chi connectivity index (χ0n) is 16.1. The van der Waals surface area contributed by atoms with Gasteiger partial charge in [0.05, 0.1) is 16.2 Å². The van der Waals surface area contributed by atoms with E-state index in [-0.39, 0.29) is 35.7 Å². The fraction of sp³-hybridized carbons (Fsp3) is 1.00. The third-order valence-corrected chi connectivity index (χ3v) is 5.75. The van der Waals surface area contributed by atoms with Crippen LogP contribution in [0.3, 0.4) is 0 Å². The molecule has 0 aromatic heterocycles. The van der Waals surface area contributed by atoms with Crippen molar-refractivity contribution in [1.29, 1.82) is 0 Å². The number of aliphatic hydroxyl groups excluding tert-OH is 1. The molecule has 0 radical (unpaired) electrons. The van der Waals surface area contributed by atoms with Gasteiger partial charge in [0, 0.05) is 5.25 Å². The molecular weight excluding hydrogens is 335 g/mol. The molecule has 0 amide bonds. The van der Waals surface area contributed by atoms with E-state index in [0.717, 1.165) is 19.3 Å². The SMILES string of the molecule is CCCCCCCCCCCC(O)CCCCC(C)S(=O)(=O)[O-].[Na+]. The molecule has 0 saturated carbocycles. The molecule has 2 atom stereocenters. The number of aliphatic hydroxyl groups is 1. The third kappa shape index (κ3) is 17.7. The fourth-order valence-electron chi connectivity index (χ4n) is 2.79. The zero-order chi connectivity index (χ0) is 17.6. The quantitative estimate of drug-likeness (QED) is 0.254. The van der Waals surface area contributed by atoms with E-state index in [1.165, 1.54) is 58.3 Å². The van der Waals surface area contributed by atoms with Crippen molar-refractivity contribution in [2.45, 2.75) is 115 Å². The second-order valence-electron chi connectivity index (χ2n) is 6.86. The van der Waals surface area contributed by atoms with Crippen molar-refractivity contribution in [3.63, 3.8) is 0 Å². The van der Waals surface area contributed by atoms with Gasteiger partial charge in [0.1, 0.15) is 0 Å². The molecule has 4 nitrogen and oxygen atoms in total. The Bertz CT molecular complexity index is 360. The molecular formula is C18H37NaO4S. The minimum atomic E-state index is -4.15. The Morgan fingerprint density at radius 2 is 1.17 bits per heavy atom. The van der Waals surface area contributed by atoms with E-state index in [4.69, 9.17) is 0 Å². The van der Waals surface area contributed by atoms with Crippen LogP contribution in [0.2, 0.25) is 0 Å². The van der Waals surface area contributed by atoms with Gasteiger partial charge in [-0.25, -0.2) is 8.42 Å². The first kappa shape index (κ1) is 27.1. The summed E-state index contributed by atoms with van der Waals surface area (Å²) in [7, 11) is -4.15. The monoisotopic (exact) mass is 372 g/mol. The summed E-state index contributed by atoms with van der Waals surface area (Å²) >= 11 is 0.